The van der Waals surface area contributed by atoms with Gasteiger partial charge in [0.25, 0.3) is 0 Å². The maximum absolute atomic E-state index is 11.3. The molecule has 0 saturated carbocycles. The fourth-order valence-electron chi connectivity index (χ4n) is 2.10. The summed E-state index contributed by atoms with van der Waals surface area (Å²) in [7, 11) is -4.64. The summed E-state index contributed by atoms with van der Waals surface area (Å²) >= 11 is 0. The largest absolute Gasteiger partial charge is 1.00 e. The van der Waals surface area contributed by atoms with Crippen molar-refractivity contribution < 1.29 is 52.1 Å². The van der Waals surface area contributed by atoms with E-state index in [1.165, 1.54) is 39.0 Å². The van der Waals surface area contributed by atoms with Crippen molar-refractivity contribution in [3.05, 3.63) is 12.2 Å². The maximum atomic E-state index is 11.3. The summed E-state index contributed by atoms with van der Waals surface area (Å²) in [5, 5.41) is 0. The van der Waals surface area contributed by atoms with E-state index < -0.39 is 21.5 Å². The molecule has 1 unspecified atom stereocenters. The van der Waals surface area contributed by atoms with Gasteiger partial charge >= 0.3 is 35.5 Å². The number of hydrogen-bond acceptors (Lipinski definition) is 5. The van der Waals surface area contributed by atoms with Crippen molar-refractivity contribution in [3.63, 3.8) is 0 Å². The normalized spacial score (nSPS) is 12.3. The van der Waals surface area contributed by atoms with E-state index in [0.717, 1.165) is 19.3 Å². The van der Waals surface area contributed by atoms with Crippen LogP contribution in [0, 0.1) is 0 Å². The third kappa shape index (κ3) is 14.2. The Morgan fingerprint density at radius 3 is 1.87 bits per heavy atom. The number of ether oxygens (including phenoxy) is 1. The molecule has 0 aromatic heterocycles. The third-order valence-corrected chi connectivity index (χ3v) is 4.43. The molecule has 0 aliphatic rings. The SMILES string of the molecule is C=C(C)C(=O)OC(CCCCCCCCCCC)S(=O)(=O)[O-].[Na+]. The first-order chi connectivity index (χ1) is 10.3. The van der Waals surface area contributed by atoms with Crippen LogP contribution < -0.4 is 29.6 Å². The second-order valence-corrected chi connectivity index (χ2v) is 7.24. The molecule has 7 heteroatoms. The molecular formula is C16H29NaO5S. The molecule has 0 rings (SSSR count). The van der Waals surface area contributed by atoms with Gasteiger partial charge in [0, 0.05) is 5.57 Å². The smallest absolute Gasteiger partial charge is 0.745 e. The van der Waals surface area contributed by atoms with E-state index in [4.69, 9.17) is 4.74 Å². The van der Waals surface area contributed by atoms with Crippen molar-refractivity contribution in [2.45, 2.75) is 83.5 Å². The molecule has 0 bridgehead atoms. The minimum Gasteiger partial charge on any atom is -0.745 e. The average Bonchev–Trinajstić information content (AvgIpc) is 2.42. The van der Waals surface area contributed by atoms with Crippen LogP contribution in [0.5, 0.6) is 0 Å². The molecule has 5 nitrogen and oxygen atoms in total. The van der Waals surface area contributed by atoms with Crippen LogP contribution in [0.2, 0.25) is 0 Å². The molecule has 0 aliphatic carbocycles. The van der Waals surface area contributed by atoms with E-state index in [2.05, 4.69) is 13.5 Å². The van der Waals surface area contributed by atoms with Crippen molar-refractivity contribution in [2.75, 3.05) is 0 Å². The summed E-state index contributed by atoms with van der Waals surface area (Å²) in [5.41, 5.74) is -1.51. The molecule has 130 valence electrons. The number of carbonyl (C=O) groups excluding carboxylic acids is 1. The molecule has 0 aromatic rings. The van der Waals surface area contributed by atoms with Crippen molar-refractivity contribution in [1.82, 2.24) is 0 Å². The van der Waals surface area contributed by atoms with Gasteiger partial charge in [-0.2, -0.15) is 0 Å². The first-order valence-electron chi connectivity index (χ1n) is 8.10. The van der Waals surface area contributed by atoms with Gasteiger partial charge in [-0.1, -0.05) is 64.9 Å². The summed E-state index contributed by atoms with van der Waals surface area (Å²) < 4.78 is 38.0. The molecule has 0 saturated heterocycles. The molecule has 0 fully saturated rings. The van der Waals surface area contributed by atoms with E-state index in [1.54, 1.807) is 0 Å². The Labute approximate surface area is 163 Å². The molecule has 0 radical (unpaired) electrons. The zero-order valence-electron chi connectivity index (χ0n) is 14.8. The summed E-state index contributed by atoms with van der Waals surface area (Å²) in [6, 6.07) is 0. The number of unbranched alkanes of at least 4 members (excludes halogenated alkanes) is 8. The van der Waals surface area contributed by atoms with Crippen LogP contribution in [-0.2, 0) is 19.6 Å². The molecule has 0 amide bonds. The van der Waals surface area contributed by atoms with Crippen LogP contribution in [0.25, 0.3) is 0 Å². The fraction of sp³-hybridized carbons (Fsp3) is 0.812. The second kappa shape index (κ2) is 14.5. The minimum atomic E-state index is -4.64. The van der Waals surface area contributed by atoms with Gasteiger partial charge in [0.15, 0.2) is 5.44 Å². The van der Waals surface area contributed by atoms with Gasteiger partial charge in [0.2, 0.25) is 0 Å². The molecule has 0 aromatic carbocycles. The fourth-order valence-corrected chi connectivity index (χ4v) is 2.76. The van der Waals surface area contributed by atoms with Crippen LogP contribution in [0.4, 0.5) is 0 Å². The van der Waals surface area contributed by atoms with Gasteiger partial charge in [-0.3, -0.25) is 0 Å². The zero-order chi connectivity index (χ0) is 17.0. The number of rotatable bonds is 13. The number of hydrogen-bond donors (Lipinski definition) is 0. The van der Waals surface area contributed by atoms with Crippen molar-refractivity contribution in [1.29, 1.82) is 0 Å². The van der Waals surface area contributed by atoms with E-state index in [-0.39, 0.29) is 41.6 Å². The summed E-state index contributed by atoms with van der Waals surface area (Å²) in [5.74, 6) is -0.833. The average molecular weight is 356 g/mol. The van der Waals surface area contributed by atoms with Crippen LogP contribution in [0.3, 0.4) is 0 Å². The summed E-state index contributed by atoms with van der Waals surface area (Å²) in [6.07, 6.45) is 9.77. The van der Waals surface area contributed by atoms with Gasteiger partial charge in [-0.25, -0.2) is 13.2 Å². The molecule has 0 spiro atoms. The van der Waals surface area contributed by atoms with Crippen LogP contribution >= 0.6 is 0 Å². The Kier molecular flexibility index (Phi) is 15.9. The quantitative estimate of drug-likeness (QED) is 0.161. The third-order valence-electron chi connectivity index (χ3n) is 3.45. The summed E-state index contributed by atoms with van der Waals surface area (Å²) in [6.45, 7) is 6.96. The van der Waals surface area contributed by atoms with Crippen molar-refractivity contribution in [2.24, 2.45) is 0 Å². The van der Waals surface area contributed by atoms with Crippen LogP contribution in [0.15, 0.2) is 12.2 Å². The zero-order valence-corrected chi connectivity index (χ0v) is 17.6. The molecule has 0 N–H and O–H groups in total. The molecular weight excluding hydrogens is 327 g/mol. The van der Waals surface area contributed by atoms with Crippen LogP contribution in [-0.4, -0.2) is 24.4 Å². The molecule has 1 atom stereocenters. The van der Waals surface area contributed by atoms with Crippen molar-refractivity contribution >= 4 is 16.1 Å². The molecule has 0 heterocycles. The number of carbonyl (C=O) groups is 1. The van der Waals surface area contributed by atoms with E-state index >= 15 is 0 Å². The Morgan fingerprint density at radius 1 is 1.04 bits per heavy atom. The topological polar surface area (TPSA) is 83.5 Å². The molecule has 0 aliphatic heterocycles. The Balaban J connectivity index is 0. The summed E-state index contributed by atoms with van der Waals surface area (Å²) in [4.78, 5) is 11.3. The minimum absolute atomic E-state index is 0. The van der Waals surface area contributed by atoms with Gasteiger partial charge < -0.3 is 9.29 Å². The Morgan fingerprint density at radius 2 is 1.48 bits per heavy atom. The first kappa shape index (κ1) is 25.4. The van der Waals surface area contributed by atoms with Gasteiger partial charge in [0.1, 0.15) is 10.1 Å². The van der Waals surface area contributed by atoms with E-state index in [9.17, 15) is 17.8 Å². The second-order valence-electron chi connectivity index (χ2n) is 5.73. The van der Waals surface area contributed by atoms with Gasteiger partial charge in [0.05, 0.1) is 0 Å². The van der Waals surface area contributed by atoms with Gasteiger partial charge in [-0.15, -0.1) is 0 Å². The standard InChI is InChI=1S/C16H30O5S.Na/c1-4-5-6-7-8-9-10-11-12-13-15(22(18,19)20)21-16(17)14(2)3;/h15H,2,4-13H2,1,3H3,(H,18,19,20);/q;+1/p-1. The van der Waals surface area contributed by atoms with Crippen molar-refractivity contribution in [3.8, 4) is 0 Å². The van der Waals surface area contributed by atoms with E-state index in [0.29, 0.717) is 6.42 Å². The molecule has 23 heavy (non-hydrogen) atoms. The Hall–Kier alpha value is 0.120. The van der Waals surface area contributed by atoms with Crippen LogP contribution in [0.1, 0.15) is 78.1 Å². The Bertz CT molecular complexity index is 434. The monoisotopic (exact) mass is 356 g/mol. The first-order valence-corrected chi connectivity index (χ1v) is 9.57. The van der Waals surface area contributed by atoms with Gasteiger partial charge in [-0.05, 0) is 19.8 Å². The predicted molar refractivity (Wildman–Crippen MR) is 86.2 cm³/mol. The van der Waals surface area contributed by atoms with E-state index in [1.807, 2.05) is 0 Å². The maximum Gasteiger partial charge on any atom is 1.00 e. The predicted octanol–water partition coefficient (Wildman–Crippen LogP) is 0.902. The number of esters is 1.